The summed E-state index contributed by atoms with van der Waals surface area (Å²) in [5.74, 6) is 0. The van der Waals surface area contributed by atoms with Crippen LogP contribution in [0.1, 0.15) is 17.4 Å². The van der Waals surface area contributed by atoms with Crippen molar-refractivity contribution in [2.24, 2.45) is 0 Å². The van der Waals surface area contributed by atoms with Crippen LogP contribution in [-0.2, 0) is 9.47 Å². The van der Waals surface area contributed by atoms with Crippen molar-refractivity contribution in [3.63, 3.8) is 0 Å². The fraction of sp³-hybridized carbons (Fsp3) is 0.333. The van der Waals surface area contributed by atoms with E-state index in [1.807, 2.05) is 24.5 Å². The Kier molecular flexibility index (Phi) is 3.92. The van der Waals surface area contributed by atoms with Crippen LogP contribution in [0.3, 0.4) is 0 Å². The van der Waals surface area contributed by atoms with E-state index in [0.29, 0.717) is 18.2 Å². The summed E-state index contributed by atoms with van der Waals surface area (Å²) in [6.45, 7) is 5.04. The Morgan fingerprint density at radius 3 is 2.69 bits per heavy atom. The fourth-order valence-electron chi connectivity index (χ4n) is 1.73. The lowest BCUT2D eigenvalue weighted by Crippen LogP contribution is -2.02. The number of benzene rings is 1. The zero-order chi connectivity index (χ0) is 11.5. The molecule has 16 heavy (non-hydrogen) atoms. The monoisotopic (exact) mass is 256 g/mol. The molecule has 0 bridgehead atoms. The van der Waals surface area contributed by atoms with Gasteiger partial charge in [0.25, 0.3) is 0 Å². The van der Waals surface area contributed by atoms with Crippen molar-refractivity contribution in [2.75, 3.05) is 19.5 Å². The number of halogens is 1. The summed E-state index contributed by atoms with van der Waals surface area (Å²) in [4.78, 5) is 1.08. The number of thioether (sulfide) groups is 1. The summed E-state index contributed by atoms with van der Waals surface area (Å²) < 4.78 is 11.0. The van der Waals surface area contributed by atoms with E-state index in [0.717, 1.165) is 16.0 Å². The predicted octanol–water partition coefficient (Wildman–Crippen LogP) is 3.75. The highest BCUT2D eigenvalue weighted by molar-refractivity contribution is 7.98. The molecule has 0 unspecified atom stereocenters. The average molecular weight is 257 g/mol. The van der Waals surface area contributed by atoms with E-state index in [-0.39, 0.29) is 6.29 Å². The van der Waals surface area contributed by atoms with Gasteiger partial charge in [-0.3, -0.25) is 0 Å². The number of rotatable bonds is 3. The third-order valence-corrected chi connectivity index (χ3v) is 3.65. The third-order valence-electron chi connectivity index (χ3n) is 2.45. The average Bonchev–Trinajstić information content (AvgIpc) is 2.81. The molecule has 1 fully saturated rings. The summed E-state index contributed by atoms with van der Waals surface area (Å²) in [5.41, 5.74) is 1.98. The van der Waals surface area contributed by atoms with Crippen LogP contribution in [0.5, 0.6) is 0 Å². The molecule has 0 atom stereocenters. The second-order valence-corrected chi connectivity index (χ2v) is 4.58. The van der Waals surface area contributed by atoms with Gasteiger partial charge in [0, 0.05) is 10.5 Å². The maximum Gasteiger partial charge on any atom is 0.186 e. The molecular weight excluding hydrogens is 244 g/mol. The quantitative estimate of drug-likeness (QED) is 0.768. The van der Waals surface area contributed by atoms with Crippen LogP contribution in [0.4, 0.5) is 0 Å². The highest BCUT2D eigenvalue weighted by Crippen LogP contribution is 2.38. The summed E-state index contributed by atoms with van der Waals surface area (Å²) in [6, 6.07) is 3.82. The Labute approximate surface area is 105 Å². The lowest BCUT2D eigenvalue weighted by Gasteiger charge is -2.17. The van der Waals surface area contributed by atoms with Gasteiger partial charge in [0.1, 0.15) is 0 Å². The van der Waals surface area contributed by atoms with Crippen molar-refractivity contribution in [1.82, 2.24) is 0 Å². The summed E-state index contributed by atoms with van der Waals surface area (Å²) in [5, 5.41) is 0.682. The van der Waals surface area contributed by atoms with E-state index in [1.165, 1.54) is 0 Å². The van der Waals surface area contributed by atoms with Crippen LogP contribution >= 0.6 is 23.4 Å². The summed E-state index contributed by atoms with van der Waals surface area (Å²) in [7, 11) is 0. The van der Waals surface area contributed by atoms with E-state index in [9.17, 15) is 0 Å². The number of ether oxygens (including phenoxy) is 2. The Hall–Kier alpha value is -0.480. The first-order valence-corrected chi connectivity index (χ1v) is 6.60. The van der Waals surface area contributed by atoms with Gasteiger partial charge in [-0.1, -0.05) is 30.3 Å². The summed E-state index contributed by atoms with van der Waals surface area (Å²) >= 11 is 7.84. The molecule has 0 amide bonds. The maximum atomic E-state index is 6.21. The minimum absolute atomic E-state index is 0.338. The van der Waals surface area contributed by atoms with Gasteiger partial charge in [-0.25, -0.2) is 0 Å². The molecular formula is C12H13ClO2S. The lowest BCUT2D eigenvalue weighted by atomic mass is 10.1. The zero-order valence-corrected chi connectivity index (χ0v) is 10.6. The lowest BCUT2D eigenvalue weighted by molar-refractivity contribution is -0.0459. The molecule has 0 N–H and O–H groups in total. The zero-order valence-electron chi connectivity index (χ0n) is 9.03. The first-order chi connectivity index (χ1) is 7.77. The van der Waals surface area contributed by atoms with Crippen molar-refractivity contribution >= 4 is 29.4 Å². The maximum absolute atomic E-state index is 6.21. The number of hydrogen-bond acceptors (Lipinski definition) is 3. The molecule has 1 saturated heterocycles. The van der Waals surface area contributed by atoms with Crippen LogP contribution in [0.15, 0.2) is 23.6 Å². The van der Waals surface area contributed by atoms with E-state index >= 15 is 0 Å². The molecule has 2 rings (SSSR count). The summed E-state index contributed by atoms with van der Waals surface area (Å²) in [6.07, 6.45) is 3.49. The Balaban J connectivity index is 2.51. The van der Waals surface area contributed by atoms with Crippen molar-refractivity contribution in [3.8, 4) is 0 Å². The van der Waals surface area contributed by atoms with Gasteiger partial charge < -0.3 is 9.47 Å². The smallest absolute Gasteiger partial charge is 0.186 e. The molecule has 2 nitrogen and oxygen atoms in total. The minimum Gasteiger partial charge on any atom is -0.346 e. The van der Waals surface area contributed by atoms with E-state index in [1.54, 1.807) is 11.8 Å². The standard InChI is InChI=1S/C12H13ClO2S/c1-3-8-4-5-9(13)10(11(8)16-2)12-14-6-7-15-12/h3-5,12H,1,6-7H2,2H3. The molecule has 1 aromatic carbocycles. The third kappa shape index (κ3) is 2.13. The molecule has 0 radical (unpaired) electrons. The normalized spacial score (nSPS) is 16.6. The minimum atomic E-state index is -0.338. The van der Waals surface area contributed by atoms with Crippen LogP contribution in [0.2, 0.25) is 5.02 Å². The molecule has 1 aliphatic heterocycles. The van der Waals surface area contributed by atoms with Gasteiger partial charge in [-0.2, -0.15) is 0 Å². The Morgan fingerprint density at radius 1 is 1.44 bits per heavy atom. The van der Waals surface area contributed by atoms with Gasteiger partial charge in [0.2, 0.25) is 0 Å². The molecule has 0 saturated carbocycles. The second kappa shape index (κ2) is 5.23. The molecule has 0 aliphatic carbocycles. The molecule has 1 aliphatic rings. The van der Waals surface area contributed by atoms with E-state index < -0.39 is 0 Å². The predicted molar refractivity (Wildman–Crippen MR) is 68.0 cm³/mol. The van der Waals surface area contributed by atoms with Crippen molar-refractivity contribution < 1.29 is 9.47 Å². The highest BCUT2D eigenvalue weighted by atomic mass is 35.5. The van der Waals surface area contributed by atoms with Crippen LogP contribution in [-0.4, -0.2) is 19.5 Å². The van der Waals surface area contributed by atoms with Gasteiger partial charge in [-0.05, 0) is 17.9 Å². The first-order valence-electron chi connectivity index (χ1n) is 5.00. The van der Waals surface area contributed by atoms with Crippen LogP contribution in [0.25, 0.3) is 6.08 Å². The van der Waals surface area contributed by atoms with E-state index in [4.69, 9.17) is 21.1 Å². The van der Waals surface area contributed by atoms with Gasteiger partial charge >= 0.3 is 0 Å². The largest absolute Gasteiger partial charge is 0.346 e. The molecule has 1 heterocycles. The topological polar surface area (TPSA) is 18.5 Å². The molecule has 0 aromatic heterocycles. The highest BCUT2D eigenvalue weighted by Gasteiger charge is 2.25. The molecule has 1 aromatic rings. The Morgan fingerprint density at radius 2 is 2.12 bits per heavy atom. The van der Waals surface area contributed by atoms with E-state index in [2.05, 4.69) is 6.58 Å². The Bertz CT molecular complexity index is 400. The van der Waals surface area contributed by atoms with Gasteiger partial charge in [0.15, 0.2) is 6.29 Å². The molecule has 86 valence electrons. The fourth-order valence-corrected chi connectivity index (χ4v) is 2.84. The molecule has 0 spiro atoms. The molecule has 4 heteroatoms. The second-order valence-electron chi connectivity index (χ2n) is 3.36. The van der Waals surface area contributed by atoms with Crippen LogP contribution in [0, 0.1) is 0 Å². The van der Waals surface area contributed by atoms with Crippen molar-refractivity contribution in [3.05, 3.63) is 34.9 Å². The van der Waals surface area contributed by atoms with Gasteiger partial charge in [-0.15, -0.1) is 11.8 Å². The van der Waals surface area contributed by atoms with Crippen molar-refractivity contribution in [1.29, 1.82) is 0 Å². The number of hydrogen-bond donors (Lipinski definition) is 0. The van der Waals surface area contributed by atoms with Crippen LogP contribution < -0.4 is 0 Å². The van der Waals surface area contributed by atoms with Gasteiger partial charge in [0.05, 0.1) is 18.2 Å². The van der Waals surface area contributed by atoms with Crippen molar-refractivity contribution in [2.45, 2.75) is 11.2 Å². The SMILES string of the molecule is C=Cc1ccc(Cl)c(C2OCCO2)c1SC. The first kappa shape index (κ1) is 12.0.